The van der Waals surface area contributed by atoms with Crippen LogP contribution in [0.25, 0.3) is 27.5 Å². The Hall–Kier alpha value is -4.07. The molecule has 0 atom stereocenters. The Kier molecular flexibility index (Phi) is 3.66. The summed E-state index contributed by atoms with van der Waals surface area (Å²) in [5.41, 5.74) is 0.583. The molecule has 0 bridgehead atoms. The molecule has 0 saturated carbocycles. The molecule has 0 aliphatic rings. The highest BCUT2D eigenvalue weighted by atomic mass is 16.6. The van der Waals surface area contributed by atoms with Crippen molar-refractivity contribution in [3.8, 4) is 5.69 Å². The summed E-state index contributed by atoms with van der Waals surface area (Å²) in [6.07, 6.45) is 0. The van der Waals surface area contributed by atoms with Crippen molar-refractivity contribution in [1.82, 2.24) is 4.57 Å². The highest BCUT2D eigenvalue weighted by Crippen LogP contribution is 2.28. The first-order chi connectivity index (χ1) is 13.0. The summed E-state index contributed by atoms with van der Waals surface area (Å²) in [5, 5.41) is 23.0. The fourth-order valence-electron chi connectivity index (χ4n) is 3.15. The van der Waals surface area contributed by atoms with Crippen LogP contribution in [0.15, 0.2) is 71.5 Å². The number of fused-ring (bicyclic) bond motifs is 2. The third-order valence-electron chi connectivity index (χ3n) is 4.37. The van der Waals surface area contributed by atoms with Gasteiger partial charge in [0.15, 0.2) is 5.43 Å². The van der Waals surface area contributed by atoms with Crippen LogP contribution in [0.1, 0.15) is 0 Å². The molecule has 4 aromatic rings. The maximum Gasteiger partial charge on any atom is 0.271 e. The van der Waals surface area contributed by atoms with Crippen molar-refractivity contribution in [2.45, 2.75) is 0 Å². The molecular weight excluding hydrogens is 350 g/mol. The standard InChI is InChI=1S/C19H11N3O5/c23-19-15-8-6-13(21(24)25)10-17(15)20(12-4-2-1-3-5-12)18-11-14(22(26)27)7-9-16(18)19/h1-11H. The molecule has 0 aliphatic heterocycles. The number of para-hydroxylation sites is 1. The van der Waals surface area contributed by atoms with Gasteiger partial charge in [0.1, 0.15) is 0 Å². The summed E-state index contributed by atoms with van der Waals surface area (Å²) in [4.78, 5) is 34.2. The Morgan fingerprint density at radius 3 is 1.63 bits per heavy atom. The van der Waals surface area contributed by atoms with E-state index in [1.54, 1.807) is 34.9 Å². The summed E-state index contributed by atoms with van der Waals surface area (Å²) in [6, 6.07) is 16.9. The van der Waals surface area contributed by atoms with Gasteiger partial charge in [-0.3, -0.25) is 25.0 Å². The first-order valence-electron chi connectivity index (χ1n) is 7.94. The minimum Gasteiger partial charge on any atom is -0.308 e. The molecule has 3 aromatic carbocycles. The van der Waals surface area contributed by atoms with Crippen molar-refractivity contribution in [1.29, 1.82) is 0 Å². The third kappa shape index (κ3) is 2.60. The lowest BCUT2D eigenvalue weighted by atomic mass is 10.1. The maximum atomic E-state index is 12.9. The first-order valence-corrected chi connectivity index (χ1v) is 7.94. The quantitative estimate of drug-likeness (QED) is 0.312. The summed E-state index contributed by atoms with van der Waals surface area (Å²) < 4.78 is 1.63. The van der Waals surface area contributed by atoms with Gasteiger partial charge in [0.05, 0.1) is 20.9 Å². The van der Waals surface area contributed by atoms with Crippen molar-refractivity contribution in [3.05, 3.63) is 97.2 Å². The van der Waals surface area contributed by atoms with Gasteiger partial charge in [-0.15, -0.1) is 0 Å². The Bertz CT molecular complexity index is 1220. The monoisotopic (exact) mass is 361 g/mol. The molecular formula is C19H11N3O5. The summed E-state index contributed by atoms with van der Waals surface area (Å²) >= 11 is 0. The Balaban J connectivity index is 2.27. The second-order valence-electron chi connectivity index (χ2n) is 5.92. The smallest absolute Gasteiger partial charge is 0.271 e. The van der Waals surface area contributed by atoms with E-state index in [0.717, 1.165) is 0 Å². The third-order valence-corrected chi connectivity index (χ3v) is 4.37. The Morgan fingerprint density at radius 1 is 0.704 bits per heavy atom. The molecule has 0 aliphatic carbocycles. The van der Waals surface area contributed by atoms with Gasteiger partial charge in [-0.25, -0.2) is 0 Å². The van der Waals surface area contributed by atoms with Crippen molar-refractivity contribution >= 4 is 33.2 Å². The van der Waals surface area contributed by atoms with Crippen LogP contribution in [0.4, 0.5) is 11.4 Å². The van der Waals surface area contributed by atoms with E-state index in [1.807, 2.05) is 0 Å². The average molecular weight is 361 g/mol. The van der Waals surface area contributed by atoms with E-state index in [0.29, 0.717) is 27.5 Å². The first kappa shape index (κ1) is 16.4. The predicted octanol–water partition coefficient (Wildman–Crippen LogP) is 3.96. The van der Waals surface area contributed by atoms with Crippen molar-refractivity contribution in [3.63, 3.8) is 0 Å². The number of hydrogen-bond donors (Lipinski definition) is 0. The molecule has 0 fully saturated rings. The van der Waals surface area contributed by atoms with E-state index in [-0.39, 0.29) is 16.8 Å². The minimum atomic E-state index is -0.545. The molecule has 4 rings (SSSR count). The van der Waals surface area contributed by atoms with E-state index in [9.17, 15) is 25.0 Å². The molecule has 132 valence electrons. The fourth-order valence-corrected chi connectivity index (χ4v) is 3.15. The van der Waals surface area contributed by atoms with Crippen molar-refractivity contribution in [2.24, 2.45) is 0 Å². The second-order valence-corrected chi connectivity index (χ2v) is 5.92. The minimum absolute atomic E-state index is 0.170. The number of benzene rings is 3. The number of nitro groups is 2. The van der Waals surface area contributed by atoms with Crippen LogP contribution in [0.5, 0.6) is 0 Å². The average Bonchev–Trinajstić information content (AvgIpc) is 2.68. The van der Waals surface area contributed by atoms with Crippen LogP contribution in [-0.4, -0.2) is 14.4 Å². The molecule has 0 radical (unpaired) electrons. The molecule has 0 N–H and O–H groups in total. The molecule has 0 amide bonds. The zero-order chi connectivity index (χ0) is 19.1. The predicted molar refractivity (Wildman–Crippen MR) is 100 cm³/mol. The van der Waals surface area contributed by atoms with Crippen LogP contribution < -0.4 is 5.43 Å². The molecule has 27 heavy (non-hydrogen) atoms. The van der Waals surface area contributed by atoms with Gasteiger partial charge in [0, 0.05) is 40.7 Å². The summed E-state index contributed by atoms with van der Waals surface area (Å²) in [7, 11) is 0. The highest BCUT2D eigenvalue weighted by molar-refractivity contribution is 5.96. The number of hydrogen-bond acceptors (Lipinski definition) is 5. The fraction of sp³-hybridized carbons (Fsp3) is 0. The van der Waals surface area contributed by atoms with E-state index in [2.05, 4.69) is 0 Å². The van der Waals surface area contributed by atoms with Gasteiger partial charge in [0.2, 0.25) is 0 Å². The largest absolute Gasteiger partial charge is 0.308 e. The normalized spacial score (nSPS) is 11.0. The number of aromatic nitrogens is 1. The van der Waals surface area contributed by atoms with Crippen LogP contribution in [0, 0.1) is 20.2 Å². The molecule has 1 aromatic heterocycles. The number of non-ortho nitro benzene ring substituents is 2. The van der Waals surface area contributed by atoms with Crippen LogP contribution in [0.2, 0.25) is 0 Å². The van der Waals surface area contributed by atoms with Gasteiger partial charge in [-0.2, -0.15) is 0 Å². The zero-order valence-corrected chi connectivity index (χ0v) is 13.7. The SMILES string of the molecule is O=c1c2ccc([N+](=O)[O-])cc2n(-c2ccccc2)c2cc([N+](=O)[O-])ccc12. The van der Waals surface area contributed by atoms with Crippen LogP contribution in [-0.2, 0) is 0 Å². The molecule has 1 heterocycles. The van der Waals surface area contributed by atoms with Gasteiger partial charge >= 0.3 is 0 Å². The van der Waals surface area contributed by atoms with E-state index in [4.69, 9.17) is 0 Å². The van der Waals surface area contributed by atoms with Gasteiger partial charge in [-0.05, 0) is 24.3 Å². The number of nitro benzene ring substituents is 2. The molecule has 8 heteroatoms. The van der Waals surface area contributed by atoms with E-state index < -0.39 is 9.85 Å². The van der Waals surface area contributed by atoms with Crippen LogP contribution >= 0.6 is 0 Å². The van der Waals surface area contributed by atoms with E-state index >= 15 is 0 Å². The van der Waals surface area contributed by atoms with Gasteiger partial charge < -0.3 is 4.57 Å². The van der Waals surface area contributed by atoms with Crippen molar-refractivity contribution in [2.75, 3.05) is 0 Å². The summed E-state index contributed by atoms with van der Waals surface area (Å²) in [5.74, 6) is 0. The number of pyridine rings is 1. The lowest BCUT2D eigenvalue weighted by Gasteiger charge is -2.15. The highest BCUT2D eigenvalue weighted by Gasteiger charge is 2.18. The Labute approximate surface area is 151 Å². The summed E-state index contributed by atoms with van der Waals surface area (Å²) in [6.45, 7) is 0. The molecule has 0 unspecified atom stereocenters. The van der Waals surface area contributed by atoms with Gasteiger partial charge in [-0.1, -0.05) is 18.2 Å². The van der Waals surface area contributed by atoms with E-state index in [1.165, 1.54) is 36.4 Å². The number of nitrogens with zero attached hydrogens (tertiary/aromatic N) is 3. The Morgan fingerprint density at radius 2 is 1.19 bits per heavy atom. The topological polar surface area (TPSA) is 108 Å². The lowest BCUT2D eigenvalue weighted by Crippen LogP contribution is -2.11. The second kappa shape index (κ2) is 6.03. The lowest BCUT2D eigenvalue weighted by molar-refractivity contribution is -0.384. The molecule has 0 saturated heterocycles. The molecule has 0 spiro atoms. The zero-order valence-electron chi connectivity index (χ0n) is 13.7. The van der Waals surface area contributed by atoms with Crippen molar-refractivity contribution < 1.29 is 9.85 Å². The van der Waals surface area contributed by atoms with Crippen LogP contribution in [0.3, 0.4) is 0 Å². The van der Waals surface area contributed by atoms with Gasteiger partial charge in [0.25, 0.3) is 11.4 Å². The molecule has 8 nitrogen and oxygen atoms in total. The number of rotatable bonds is 3. The maximum absolute atomic E-state index is 12.9.